The fraction of sp³-hybridized carbons (Fsp3) is 0.350. The van der Waals surface area contributed by atoms with Gasteiger partial charge in [-0.1, -0.05) is 56.3 Å². The predicted octanol–water partition coefficient (Wildman–Crippen LogP) is 2.96. The van der Waals surface area contributed by atoms with Gasteiger partial charge in [-0.05, 0) is 30.8 Å². The van der Waals surface area contributed by atoms with Gasteiger partial charge >= 0.3 is 0 Å². The fourth-order valence-electron chi connectivity index (χ4n) is 3.42. The van der Waals surface area contributed by atoms with Crippen molar-refractivity contribution >= 4 is 15.7 Å². The molecule has 0 radical (unpaired) electrons. The topological polar surface area (TPSA) is 57.7 Å². The lowest BCUT2D eigenvalue weighted by Gasteiger charge is -2.37. The highest BCUT2D eigenvalue weighted by Gasteiger charge is 2.44. The Hall–Kier alpha value is -2.18. The van der Waals surface area contributed by atoms with Crippen LogP contribution in [0.15, 0.2) is 59.5 Å². The lowest BCUT2D eigenvalue weighted by Crippen LogP contribution is -2.47. The van der Waals surface area contributed by atoms with Crippen molar-refractivity contribution in [1.29, 1.82) is 0 Å². The number of benzene rings is 2. The van der Waals surface area contributed by atoms with Gasteiger partial charge in [0.25, 0.3) is 5.91 Å². The Balaban J connectivity index is 2.08. The van der Waals surface area contributed by atoms with Crippen LogP contribution in [0.4, 0.5) is 0 Å². The summed E-state index contributed by atoms with van der Waals surface area (Å²) in [5.41, 5.74) is 0.883. The monoisotopic (exact) mass is 372 g/mol. The smallest absolute Gasteiger partial charge is 0.256 e. The molecule has 1 heterocycles. The Kier molecular flexibility index (Phi) is 5.44. The van der Waals surface area contributed by atoms with Gasteiger partial charge in [-0.3, -0.25) is 4.79 Å². The summed E-state index contributed by atoms with van der Waals surface area (Å²) < 4.78 is 26.7. The fourth-order valence-corrected chi connectivity index (χ4v) is 5.45. The molecule has 2 aromatic carbocycles. The molecular weight excluding hydrogens is 348 g/mol. The van der Waals surface area contributed by atoms with E-state index in [1.54, 1.807) is 42.5 Å². The van der Waals surface area contributed by atoms with Crippen LogP contribution in [0.3, 0.4) is 0 Å². The first kappa shape index (κ1) is 18.6. The molecular formula is C20H24N2O3S. The summed E-state index contributed by atoms with van der Waals surface area (Å²) in [5.74, 6) is -0.226. The molecule has 1 aliphatic heterocycles. The van der Waals surface area contributed by atoms with Crippen molar-refractivity contribution in [1.82, 2.24) is 9.80 Å². The SMILES string of the molecule is CCN(CC)CCN1C(=O)c2ccccc2S(=O)(=O)C1c1ccccc1. The average Bonchev–Trinajstić information content (AvgIpc) is 2.67. The Morgan fingerprint density at radius 1 is 0.962 bits per heavy atom. The molecule has 0 saturated carbocycles. The largest absolute Gasteiger partial charge is 0.316 e. The lowest BCUT2D eigenvalue weighted by atomic mass is 10.1. The minimum absolute atomic E-state index is 0.123. The third-order valence-corrected chi connectivity index (χ3v) is 6.98. The zero-order valence-corrected chi connectivity index (χ0v) is 15.9. The van der Waals surface area contributed by atoms with Gasteiger partial charge < -0.3 is 9.80 Å². The second-order valence-corrected chi connectivity index (χ2v) is 8.31. The quantitative estimate of drug-likeness (QED) is 0.782. The molecule has 6 heteroatoms. The Morgan fingerprint density at radius 2 is 1.58 bits per heavy atom. The minimum atomic E-state index is -3.69. The minimum Gasteiger partial charge on any atom is -0.316 e. The first-order valence-corrected chi connectivity index (χ1v) is 10.5. The van der Waals surface area contributed by atoms with Crippen LogP contribution in [0.2, 0.25) is 0 Å². The van der Waals surface area contributed by atoms with E-state index in [0.717, 1.165) is 13.1 Å². The number of hydrogen-bond acceptors (Lipinski definition) is 4. The second-order valence-electron chi connectivity index (χ2n) is 6.33. The van der Waals surface area contributed by atoms with Crippen LogP contribution >= 0.6 is 0 Å². The van der Waals surface area contributed by atoms with Crippen molar-refractivity contribution in [3.05, 3.63) is 65.7 Å². The molecule has 1 atom stereocenters. The number of sulfone groups is 1. The molecule has 2 aromatic rings. The number of hydrogen-bond donors (Lipinski definition) is 0. The average molecular weight is 372 g/mol. The van der Waals surface area contributed by atoms with Crippen LogP contribution in [0.25, 0.3) is 0 Å². The van der Waals surface area contributed by atoms with Gasteiger partial charge in [0.2, 0.25) is 9.84 Å². The van der Waals surface area contributed by atoms with Crippen molar-refractivity contribution in [2.45, 2.75) is 24.1 Å². The van der Waals surface area contributed by atoms with E-state index < -0.39 is 15.2 Å². The molecule has 1 unspecified atom stereocenters. The van der Waals surface area contributed by atoms with Crippen molar-refractivity contribution < 1.29 is 13.2 Å². The molecule has 0 saturated heterocycles. The zero-order chi connectivity index (χ0) is 18.7. The maximum atomic E-state index is 13.3. The summed E-state index contributed by atoms with van der Waals surface area (Å²) in [6.45, 7) is 6.84. The molecule has 5 nitrogen and oxygen atoms in total. The molecule has 0 spiro atoms. The van der Waals surface area contributed by atoms with E-state index in [-0.39, 0.29) is 16.4 Å². The highest BCUT2D eigenvalue weighted by atomic mass is 32.2. The molecule has 0 fully saturated rings. The van der Waals surface area contributed by atoms with Gasteiger partial charge in [0.15, 0.2) is 5.37 Å². The van der Waals surface area contributed by atoms with Crippen molar-refractivity contribution in [2.24, 2.45) is 0 Å². The van der Waals surface area contributed by atoms with Crippen LogP contribution in [0.1, 0.15) is 35.1 Å². The summed E-state index contributed by atoms with van der Waals surface area (Å²) in [5, 5.41) is -0.985. The first-order chi connectivity index (χ1) is 12.5. The molecule has 26 heavy (non-hydrogen) atoms. The van der Waals surface area contributed by atoms with Gasteiger partial charge in [0.1, 0.15) is 0 Å². The molecule has 1 amide bonds. The van der Waals surface area contributed by atoms with Crippen molar-refractivity contribution in [3.63, 3.8) is 0 Å². The number of likely N-dealkylation sites (N-methyl/N-ethyl adjacent to an activating group) is 1. The lowest BCUT2D eigenvalue weighted by molar-refractivity contribution is 0.0695. The van der Waals surface area contributed by atoms with E-state index in [1.807, 2.05) is 6.07 Å². The molecule has 0 aliphatic carbocycles. The molecule has 3 rings (SSSR count). The van der Waals surface area contributed by atoms with Crippen LogP contribution < -0.4 is 0 Å². The van der Waals surface area contributed by atoms with E-state index in [1.165, 1.54) is 11.0 Å². The summed E-state index contributed by atoms with van der Waals surface area (Å²) in [6.07, 6.45) is 0. The third-order valence-electron chi connectivity index (χ3n) is 4.90. The number of rotatable bonds is 6. The van der Waals surface area contributed by atoms with Gasteiger partial charge in [-0.2, -0.15) is 0 Å². The molecule has 0 N–H and O–H groups in total. The molecule has 0 aromatic heterocycles. The van der Waals surface area contributed by atoms with E-state index >= 15 is 0 Å². The number of carbonyl (C=O) groups is 1. The van der Waals surface area contributed by atoms with Crippen LogP contribution in [0, 0.1) is 0 Å². The normalized spacial score (nSPS) is 18.8. The summed E-state index contributed by atoms with van der Waals surface area (Å²) >= 11 is 0. The van der Waals surface area contributed by atoms with E-state index in [2.05, 4.69) is 18.7 Å². The predicted molar refractivity (Wildman–Crippen MR) is 102 cm³/mol. The van der Waals surface area contributed by atoms with Crippen LogP contribution in [0.5, 0.6) is 0 Å². The molecule has 0 bridgehead atoms. The molecule has 1 aliphatic rings. The van der Waals surface area contributed by atoms with E-state index in [4.69, 9.17) is 0 Å². The van der Waals surface area contributed by atoms with Crippen molar-refractivity contribution in [2.75, 3.05) is 26.2 Å². The summed E-state index contributed by atoms with van der Waals surface area (Å²) in [4.78, 5) is 16.9. The Bertz CT molecular complexity index is 877. The second kappa shape index (κ2) is 7.60. The first-order valence-electron chi connectivity index (χ1n) is 8.91. The summed E-state index contributed by atoms with van der Waals surface area (Å²) in [7, 11) is -3.69. The van der Waals surface area contributed by atoms with Crippen LogP contribution in [-0.2, 0) is 9.84 Å². The zero-order valence-electron chi connectivity index (χ0n) is 15.1. The van der Waals surface area contributed by atoms with E-state index in [9.17, 15) is 13.2 Å². The van der Waals surface area contributed by atoms with Gasteiger partial charge in [-0.15, -0.1) is 0 Å². The standard InChI is InChI=1S/C20H24N2O3S/c1-3-21(4-2)14-15-22-19(23)17-12-8-9-13-18(17)26(24,25)20(22)16-10-6-5-7-11-16/h5-13,20H,3-4,14-15H2,1-2H3. The molecule has 138 valence electrons. The summed E-state index contributed by atoms with van der Waals surface area (Å²) in [6, 6.07) is 15.5. The van der Waals surface area contributed by atoms with Crippen molar-refractivity contribution in [3.8, 4) is 0 Å². The van der Waals surface area contributed by atoms with Gasteiger partial charge in [-0.25, -0.2) is 8.42 Å². The maximum Gasteiger partial charge on any atom is 0.256 e. The highest BCUT2D eigenvalue weighted by Crippen LogP contribution is 2.39. The highest BCUT2D eigenvalue weighted by molar-refractivity contribution is 7.91. The van der Waals surface area contributed by atoms with Gasteiger partial charge in [0.05, 0.1) is 10.5 Å². The Labute approximate surface area is 155 Å². The van der Waals surface area contributed by atoms with E-state index in [0.29, 0.717) is 18.7 Å². The van der Waals surface area contributed by atoms with Gasteiger partial charge in [0, 0.05) is 13.1 Å². The number of amides is 1. The number of carbonyl (C=O) groups excluding carboxylic acids is 1. The van der Waals surface area contributed by atoms with Crippen LogP contribution in [-0.4, -0.2) is 50.3 Å². The third kappa shape index (κ3) is 3.27. The maximum absolute atomic E-state index is 13.3. The Morgan fingerprint density at radius 3 is 2.23 bits per heavy atom. The number of fused-ring (bicyclic) bond motifs is 1. The number of nitrogens with zero attached hydrogens (tertiary/aromatic N) is 2.